The first-order valence-corrected chi connectivity index (χ1v) is 14.7. The van der Waals surface area contributed by atoms with Crippen molar-refractivity contribution in [2.75, 3.05) is 44.2 Å². The number of fused-ring (bicyclic) bond motifs is 2. The van der Waals surface area contributed by atoms with E-state index in [9.17, 15) is 9.59 Å². The monoisotopic (exact) mass is 606 g/mol. The van der Waals surface area contributed by atoms with Crippen molar-refractivity contribution in [2.24, 2.45) is 5.92 Å². The summed E-state index contributed by atoms with van der Waals surface area (Å²) in [4.78, 5) is 37.1. The molecule has 0 N–H and O–H groups in total. The highest BCUT2D eigenvalue weighted by Crippen LogP contribution is 2.43. The van der Waals surface area contributed by atoms with Gasteiger partial charge in [-0.3, -0.25) is 14.6 Å². The molecule has 0 saturated carbocycles. The number of benzene rings is 2. The summed E-state index contributed by atoms with van der Waals surface area (Å²) in [6.07, 6.45) is 12.5. The molecule has 1 unspecified atom stereocenters. The molecule has 2 fully saturated rings. The number of amides is 2. The first kappa shape index (κ1) is 31.7. The number of pyridine rings is 1. The van der Waals surface area contributed by atoms with E-state index in [1.54, 1.807) is 6.20 Å². The fraction of sp³-hybridized carbons (Fsp3) is 0.382. The van der Waals surface area contributed by atoms with E-state index in [2.05, 4.69) is 46.3 Å². The third-order valence-electron chi connectivity index (χ3n) is 8.97. The Morgan fingerprint density at radius 2 is 1.71 bits per heavy atom. The molecule has 2 aromatic carbocycles. The molecule has 2 amide bonds. The molecular formula is C34H40Cl2N4O2. The highest BCUT2D eigenvalue weighted by molar-refractivity contribution is 5.99. The second kappa shape index (κ2) is 14.3. The third-order valence-corrected chi connectivity index (χ3v) is 8.97. The Hall–Kier alpha value is -3.19. The van der Waals surface area contributed by atoms with Crippen LogP contribution in [0.1, 0.15) is 42.4 Å². The predicted molar refractivity (Wildman–Crippen MR) is 173 cm³/mol. The zero-order valence-corrected chi connectivity index (χ0v) is 25.6. The van der Waals surface area contributed by atoms with Crippen LogP contribution >= 0.6 is 24.8 Å². The number of piperidine rings is 1. The van der Waals surface area contributed by atoms with Crippen LogP contribution in [0.4, 0.5) is 5.69 Å². The number of aromatic nitrogens is 1. The van der Waals surface area contributed by atoms with E-state index in [-0.39, 0.29) is 48.0 Å². The average Bonchev–Trinajstić information content (AvgIpc) is 3.56. The molecule has 6 nitrogen and oxygen atoms in total. The molecule has 8 heteroatoms. The van der Waals surface area contributed by atoms with Gasteiger partial charge in [-0.15, -0.1) is 24.8 Å². The van der Waals surface area contributed by atoms with Crippen LogP contribution in [-0.4, -0.2) is 65.9 Å². The molecular weight excluding hydrogens is 567 g/mol. The Labute approximate surface area is 261 Å². The van der Waals surface area contributed by atoms with Gasteiger partial charge in [0.15, 0.2) is 0 Å². The fourth-order valence-electron chi connectivity index (χ4n) is 6.66. The van der Waals surface area contributed by atoms with Gasteiger partial charge < -0.3 is 14.7 Å². The van der Waals surface area contributed by atoms with Gasteiger partial charge in [-0.05, 0) is 80.2 Å². The van der Waals surface area contributed by atoms with Crippen molar-refractivity contribution in [3.63, 3.8) is 0 Å². The number of hydrogen-bond donors (Lipinski definition) is 0. The summed E-state index contributed by atoms with van der Waals surface area (Å²) in [5.74, 6) is -0.167. The minimum absolute atomic E-state index is 0. The second-order valence-corrected chi connectivity index (χ2v) is 11.4. The van der Waals surface area contributed by atoms with Crippen molar-refractivity contribution in [2.45, 2.75) is 37.5 Å². The maximum absolute atomic E-state index is 13.8. The fourth-order valence-corrected chi connectivity index (χ4v) is 6.66. The van der Waals surface area contributed by atoms with Crippen molar-refractivity contribution >= 4 is 48.4 Å². The lowest BCUT2D eigenvalue weighted by Gasteiger charge is -2.39. The number of likely N-dealkylation sites (tertiary alicyclic amines) is 2. The van der Waals surface area contributed by atoms with Gasteiger partial charge in [0.05, 0.1) is 5.92 Å². The number of hydrogen-bond acceptors (Lipinski definition) is 4. The molecule has 222 valence electrons. The molecule has 6 rings (SSSR count). The number of carbonyl (C=O) groups is 2. The van der Waals surface area contributed by atoms with E-state index in [0.717, 1.165) is 56.6 Å². The molecule has 1 atom stereocenters. The van der Waals surface area contributed by atoms with Gasteiger partial charge in [0.1, 0.15) is 0 Å². The topological polar surface area (TPSA) is 56.8 Å². The molecule has 2 saturated heterocycles. The van der Waals surface area contributed by atoms with Gasteiger partial charge in [0.2, 0.25) is 11.8 Å². The smallest absolute Gasteiger partial charge is 0.232 e. The van der Waals surface area contributed by atoms with Gasteiger partial charge in [-0.2, -0.15) is 0 Å². The summed E-state index contributed by atoms with van der Waals surface area (Å²) in [5, 5.41) is 0. The molecule has 3 heterocycles. The number of nitrogens with zero attached hydrogens (tertiary/aromatic N) is 4. The first-order valence-electron chi connectivity index (χ1n) is 14.7. The van der Waals surface area contributed by atoms with E-state index in [0.29, 0.717) is 26.1 Å². The van der Waals surface area contributed by atoms with Crippen molar-refractivity contribution in [1.82, 2.24) is 14.8 Å². The van der Waals surface area contributed by atoms with Gasteiger partial charge >= 0.3 is 0 Å². The SMILES string of the molecule is Cl.Cl.O=C1CC(C(=O)N(CCCN2CCC3(C=Cc4ccccc43)CC2)c2ccccc2)CN1CCc1cccnc1. The van der Waals surface area contributed by atoms with Gasteiger partial charge in [0, 0.05) is 49.6 Å². The van der Waals surface area contributed by atoms with Crippen LogP contribution in [0.5, 0.6) is 0 Å². The van der Waals surface area contributed by atoms with Crippen molar-refractivity contribution < 1.29 is 9.59 Å². The van der Waals surface area contributed by atoms with Crippen LogP contribution in [0.25, 0.3) is 6.08 Å². The van der Waals surface area contributed by atoms with E-state index in [1.807, 2.05) is 58.5 Å². The number of rotatable bonds is 9. The Morgan fingerprint density at radius 1 is 0.952 bits per heavy atom. The summed E-state index contributed by atoms with van der Waals surface area (Å²) in [7, 11) is 0. The minimum atomic E-state index is -0.300. The third kappa shape index (κ3) is 6.88. The van der Waals surface area contributed by atoms with Crippen molar-refractivity contribution in [1.29, 1.82) is 0 Å². The number of halogens is 2. The molecule has 3 aromatic rings. The first-order chi connectivity index (χ1) is 19.6. The van der Waals surface area contributed by atoms with Crippen molar-refractivity contribution in [3.05, 3.63) is 102 Å². The molecule has 42 heavy (non-hydrogen) atoms. The second-order valence-electron chi connectivity index (χ2n) is 11.4. The Kier molecular flexibility index (Phi) is 10.8. The molecule has 0 bridgehead atoms. The van der Waals surface area contributed by atoms with Crippen LogP contribution in [0.15, 0.2) is 85.2 Å². The maximum atomic E-state index is 13.8. The van der Waals surface area contributed by atoms with E-state index < -0.39 is 0 Å². The Balaban J connectivity index is 0.00000202. The number of para-hydroxylation sites is 1. The minimum Gasteiger partial charge on any atom is -0.342 e. The molecule has 0 radical (unpaired) electrons. The molecule has 2 aliphatic heterocycles. The van der Waals surface area contributed by atoms with Crippen LogP contribution in [-0.2, 0) is 21.4 Å². The highest BCUT2D eigenvalue weighted by Gasteiger charge is 2.38. The van der Waals surface area contributed by atoms with E-state index in [1.165, 1.54) is 11.1 Å². The summed E-state index contributed by atoms with van der Waals surface area (Å²) in [5.41, 5.74) is 5.06. The highest BCUT2D eigenvalue weighted by atomic mass is 35.5. The van der Waals surface area contributed by atoms with E-state index >= 15 is 0 Å². The predicted octanol–water partition coefficient (Wildman–Crippen LogP) is 5.80. The number of anilines is 1. The summed E-state index contributed by atoms with van der Waals surface area (Å²) in [6, 6.07) is 22.7. The van der Waals surface area contributed by atoms with Gasteiger partial charge in [-0.25, -0.2) is 0 Å². The van der Waals surface area contributed by atoms with Crippen molar-refractivity contribution in [3.8, 4) is 0 Å². The van der Waals surface area contributed by atoms with Crippen LogP contribution in [0, 0.1) is 5.92 Å². The normalized spacial score (nSPS) is 18.8. The molecule has 1 aromatic heterocycles. The lowest BCUT2D eigenvalue weighted by Crippen LogP contribution is -2.43. The molecule has 1 aliphatic carbocycles. The lowest BCUT2D eigenvalue weighted by atomic mass is 9.74. The largest absolute Gasteiger partial charge is 0.342 e. The number of carbonyl (C=O) groups excluding carboxylic acids is 2. The number of allylic oxidation sites excluding steroid dienone is 1. The zero-order chi connectivity index (χ0) is 27.4. The standard InChI is InChI=1S/C34H38N4O2.2ClH/c39-32-24-29(26-37(32)21-14-27-8-6-18-35-25-27)33(40)38(30-10-2-1-3-11-30)20-7-19-36-22-16-34(17-23-36)15-13-28-9-4-5-12-31(28)34;;/h1-6,8-13,15,18,25,29H,7,14,16-17,19-24,26H2;2*1H. The summed E-state index contributed by atoms with van der Waals surface area (Å²) >= 11 is 0. The molecule has 1 spiro atoms. The molecule has 3 aliphatic rings. The van der Waals surface area contributed by atoms with E-state index in [4.69, 9.17) is 0 Å². The van der Waals surface area contributed by atoms with Crippen LogP contribution in [0.2, 0.25) is 0 Å². The average molecular weight is 608 g/mol. The maximum Gasteiger partial charge on any atom is 0.232 e. The quantitative estimate of drug-likeness (QED) is 0.309. The lowest BCUT2D eigenvalue weighted by molar-refractivity contribution is -0.128. The van der Waals surface area contributed by atoms with Crippen LogP contribution in [0.3, 0.4) is 0 Å². The Morgan fingerprint density at radius 3 is 2.48 bits per heavy atom. The van der Waals surface area contributed by atoms with Crippen LogP contribution < -0.4 is 4.90 Å². The summed E-state index contributed by atoms with van der Waals surface area (Å²) < 4.78 is 0. The summed E-state index contributed by atoms with van der Waals surface area (Å²) in [6.45, 7) is 4.88. The van der Waals surface area contributed by atoms with Gasteiger partial charge in [0.25, 0.3) is 0 Å². The van der Waals surface area contributed by atoms with Gasteiger partial charge in [-0.1, -0.05) is 60.7 Å². The zero-order valence-electron chi connectivity index (χ0n) is 23.9. The Bertz CT molecular complexity index is 1360.